The van der Waals surface area contributed by atoms with Crippen molar-refractivity contribution in [2.75, 3.05) is 13.2 Å². The van der Waals surface area contributed by atoms with E-state index in [9.17, 15) is 22.4 Å². The van der Waals surface area contributed by atoms with Crippen LogP contribution in [0.3, 0.4) is 0 Å². The normalized spacial score (nSPS) is 12.4. The van der Waals surface area contributed by atoms with Crippen molar-refractivity contribution < 1.29 is 31.8 Å². The van der Waals surface area contributed by atoms with E-state index in [1.165, 1.54) is 0 Å². The SMILES string of the molecule is CCCCOC(=O)OCCC(F)(F)C(F)(F)Br. The molecule has 0 aromatic carbocycles. The second kappa shape index (κ2) is 7.03. The van der Waals surface area contributed by atoms with Gasteiger partial charge in [-0.05, 0) is 22.4 Å². The van der Waals surface area contributed by atoms with Crippen molar-refractivity contribution in [1.82, 2.24) is 0 Å². The molecule has 8 heteroatoms. The Kier molecular flexibility index (Phi) is 6.81. The minimum atomic E-state index is -4.32. The molecular weight excluding hydrogens is 312 g/mol. The number of hydrogen-bond donors (Lipinski definition) is 0. The zero-order chi connectivity index (χ0) is 13.5. The Morgan fingerprint density at radius 3 is 2.18 bits per heavy atom. The first kappa shape index (κ1) is 16.5. The second-order valence-corrected chi connectivity index (χ2v) is 4.25. The lowest BCUT2D eigenvalue weighted by Crippen LogP contribution is -2.36. The van der Waals surface area contributed by atoms with Crippen LogP contribution in [0, 0.1) is 0 Å². The van der Waals surface area contributed by atoms with Crippen molar-refractivity contribution in [3.05, 3.63) is 0 Å². The Balaban J connectivity index is 3.80. The first-order chi connectivity index (χ1) is 7.70. The van der Waals surface area contributed by atoms with Gasteiger partial charge in [0.05, 0.1) is 13.0 Å². The maximum absolute atomic E-state index is 12.7. The van der Waals surface area contributed by atoms with Gasteiger partial charge in [-0.25, -0.2) is 4.79 Å². The molecule has 0 aliphatic heterocycles. The Morgan fingerprint density at radius 1 is 1.18 bits per heavy atom. The third kappa shape index (κ3) is 6.70. The van der Waals surface area contributed by atoms with Crippen molar-refractivity contribution in [2.24, 2.45) is 0 Å². The number of halogens is 5. The van der Waals surface area contributed by atoms with E-state index in [4.69, 9.17) is 0 Å². The zero-order valence-electron chi connectivity index (χ0n) is 9.15. The fourth-order valence-electron chi connectivity index (χ4n) is 0.746. The second-order valence-electron chi connectivity index (χ2n) is 3.25. The van der Waals surface area contributed by atoms with Crippen molar-refractivity contribution >= 4 is 22.1 Å². The highest BCUT2D eigenvalue weighted by molar-refractivity contribution is 9.10. The quantitative estimate of drug-likeness (QED) is 0.308. The predicted octanol–water partition coefficient (Wildman–Crippen LogP) is 3.95. The fraction of sp³-hybridized carbons (Fsp3) is 0.889. The summed E-state index contributed by atoms with van der Waals surface area (Å²) in [4.78, 5) is 6.44. The maximum atomic E-state index is 12.7. The van der Waals surface area contributed by atoms with Crippen molar-refractivity contribution in [3.63, 3.8) is 0 Å². The maximum Gasteiger partial charge on any atom is 0.508 e. The summed E-state index contributed by atoms with van der Waals surface area (Å²) in [7, 11) is 0. The van der Waals surface area contributed by atoms with E-state index >= 15 is 0 Å². The molecule has 0 radical (unpaired) electrons. The Labute approximate surface area is 105 Å². The van der Waals surface area contributed by atoms with E-state index in [2.05, 4.69) is 9.47 Å². The van der Waals surface area contributed by atoms with Crippen LogP contribution in [-0.2, 0) is 9.47 Å². The average molecular weight is 325 g/mol. The fourth-order valence-corrected chi connectivity index (χ4v) is 0.944. The van der Waals surface area contributed by atoms with E-state index in [0.717, 1.165) is 6.42 Å². The topological polar surface area (TPSA) is 35.5 Å². The lowest BCUT2D eigenvalue weighted by molar-refractivity contribution is -0.156. The summed E-state index contributed by atoms with van der Waals surface area (Å²) in [6.45, 7) is 1.15. The van der Waals surface area contributed by atoms with Gasteiger partial charge in [-0.3, -0.25) is 0 Å². The van der Waals surface area contributed by atoms with Crippen LogP contribution in [0.1, 0.15) is 26.2 Å². The molecule has 3 nitrogen and oxygen atoms in total. The lowest BCUT2D eigenvalue weighted by Gasteiger charge is -2.20. The van der Waals surface area contributed by atoms with Gasteiger partial charge in [0.1, 0.15) is 6.61 Å². The average Bonchev–Trinajstić information content (AvgIpc) is 2.16. The molecule has 0 atom stereocenters. The molecule has 0 spiro atoms. The summed E-state index contributed by atoms with van der Waals surface area (Å²) in [5.74, 6) is -4.28. The number of alkyl halides is 5. The summed E-state index contributed by atoms with van der Waals surface area (Å²) in [5.41, 5.74) is 0. The molecule has 0 aliphatic rings. The lowest BCUT2D eigenvalue weighted by atomic mass is 10.2. The Bertz CT molecular complexity index is 243. The van der Waals surface area contributed by atoms with E-state index in [0.29, 0.717) is 6.42 Å². The molecule has 0 saturated carbocycles. The number of carbonyl (C=O) groups is 1. The number of unbranched alkanes of at least 4 members (excludes halogenated alkanes) is 1. The summed E-state index contributed by atoms with van der Waals surface area (Å²) in [6, 6.07) is 0. The van der Waals surface area contributed by atoms with Crippen LogP contribution < -0.4 is 0 Å². The molecule has 0 amide bonds. The van der Waals surface area contributed by atoms with E-state index in [-0.39, 0.29) is 6.61 Å². The highest BCUT2D eigenvalue weighted by atomic mass is 79.9. The van der Waals surface area contributed by atoms with Gasteiger partial charge in [0.15, 0.2) is 0 Å². The molecule has 102 valence electrons. The number of rotatable bonds is 7. The molecule has 0 N–H and O–H groups in total. The van der Waals surface area contributed by atoms with Gasteiger partial charge >= 0.3 is 16.9 Å². The monoisotopic (exact) mass is 324 g/mol. The van der Waals surface area contributed by atoms with E-state index in [1.54, 1.807) is 15.9 Å². The van der Waals surface area contributed by atoms with Gasteiger partial charge in [0, 0.05) is 0 Å². The molecule has 0 aliphatic carbocycles. The van der Waals surface area contributed by atoms with Gasteiger partial charge in [0.2, 0.25) is 0 Å². The standard InChI is InChI=1S/C9H13BrF4O3/c1-2-3-5-16-7(15)17-6-4-8(11,12)9(10,13)14/h2-6H2,1H3. The van der Waals surface area contributed by atoms with Gasteiger partial charge in [-0.1, -0.05) is 13.3 Å². The van der Waals surface area contributed by atoms with Crippen LogP contribution >= 0.6 is 15.9 Å². The first-order valence-corrected chi connectivity index (χ1v) is 5.74. The first-order valence-electron chi connectivity index (χ1n) is 4.95. The molecule has 0 fully saturated rings. The number of carbonyl (C=O) groups excluding carboxylic acids is 1. The molecule has 17 heavy (non-hydrogen) atoms. The zero-order valence-corrected chi connectivity index (χ0v) is 10.7. The summed E-state index contributed by atoms with van der Waals surface area (Å²) in [5, 5.41) is 0. The predicted molar refractivity (Wildman–Crippen MR) is 55.6 cm³/mol. The van der Waals surface area contributed by atoms with Gasteiger partial charge in [-0.15, -0.1) is 0 Å². The Hall–Kier alpha value is -0.530. The molecule has 0 aromatic heterocycles. The van der Waals surface area contributed by atoms with Crippen LogP contribution in [0.5, 0.6) is 0 Å². The molecule has 0 unspecified atom stereocenters. The van der Waals surface area contributed by atoms with E-state index in [1.807, 2.05) is 6.92 Å². The minimum Gasteiger partial charge on any atom is -0.434 e. The molecular formula is C9H13BrF4O3. The van der Waals surface area contributed by atoms with Crippen molar-refractivity contribution in [2.45, 2.75) is 36.9 Å². The highest BCUT2D eigenvalue weighted by Gasteiger charge is 2.53. The summed E-state index contributed by atoms with van der Waals surface area (Å²) in [6.07, 6.45) is -1.01. The number of ether oxygens (including phenoxy) is 2. The number of hydrogen-bond acceptors (Lipinski definition) is 3. The molecule has 0 rings (SSSR count). The minimum absolute atomic E-state index is 0.111. The largest absolute Gasteiger partial charge is 0.508 e. The molecule has 0 aromatic rings. The van der Waals surface area contributed by atoms with Crippen LogP contribution in [0.25, 0.3) is 0 Å². The van der Waals surface area contributed by atoms with Crippen molar-refractivity contribution in [1.29, 1.82) is 0 Å². The van der Waals surface area contributed by atoms with Crippen molar-refractivity contribution in [3.8, 4) is 0 Å². The summed E-state index contributed by atoms with van der Waals surface area (Å²) >= 11 is 1.56. The van der Waals surface area contributed by atoms with Gasteiger partial charge < -0.3 is 9.47 Å². The molecule has 0 heterocycles. The highest BCUT2D eigenvalue weighted by Crippen LogP contribution is 2.41. The van der Waals surface area contributed by atoms with Crippen LogP contribution in [0.2, 0.25) is 0 Å². The molecule has 0 bridgehead atoms. The van der Waals surface area contributed by atoms with Crippen LogP contribution in [-0.4, -0.2) is 30.1 Å². The summed E-state index contributed by atoms with van der Waals surface area (Å²) < 4.78 is 58.6. The smallest absolute Gasteiger partial charge is 0.434 e. The van der Waals surface area contributed by atoms with Crippen LogP contribution in [0.4, 0.5) is 22.4 Å². The third-order valence-corrected chi connectivity index (χ3v) is 2.35. The third-order valence-electron chi connectivity index (χ3n) is 1.77. The van der Waals surface area contributed by atoms with Crippen LogP contribution in [0.15, 0.2) is 0 Å². The van der Waals surface area contributed by atoms with Gasteiger partial charge in [-0.2, -0.15) is 17.6 Å². The Morgan fingerprint density at radius 2 is 1.71 bits per heavy atom. The molecule has 0 saturated heterocycles. The van der Waals surface area contributed by atoms with E-state index < -0.39 is 29.9 Å². The van der Waals surface area contributed by atoms with Gasteiger partial charge in [0.25, 0.3) is 0 Å².